The Labute approximate surface area is 219 Å². The Kier molecular flexibility index (Phi) is 8.41. The SMILES string of the molecule is COc1ccc(COc2nc(N3CCCCCC3Cc3ccccc3)cc(N3CCOCC3)c2F)cc1. The van der Waals surface area contributed by atoms with E-state index in [-0.39, 0.29) is 12.5 Å². The molecule has 2 saturated heterocycles. The average Bonchev–Trinajstić information content (AvgIpc) is 3.19. The number of aromatic nitrogens is 1. The first-order valence-corrected chi connectivity index (χ1v) is 13.3. The molecular weight excluding hydrogens is 469 g/mol. The summed E-state index contributed by atoms with van der Waals surface area (Å²) in [6.07, 6.45) is 5.50. The highest BCUT2D eigenvalue weighted by Gasteiger charge is 2.27. The molecular formula is C30H36FN3O3. The van der Waals surface area contributed by atoms with Crippen LogP contribution in [0.1, 0.15) is 36.8 Å². The minimum absolute atomic E-state index is 0.0533. The molecule has 2 aliphatic rings. The minimum atomic E-state index is -0.409. The van der Waals surface area contributed by atoms with Crippen LogP contribution in [0.15, 0.2) is 60.7 Å². The van der Waals surface area contributed by atoms with E-state index in [0.29, 0.717) is 38.0 Å². The summed E-state index contributed by atoms with van der Waals surface area (Å²) in [5.74, 6) is 1.21. The molecule has 2 fully saturated rings. The Morgan fingerprint density at radius 3 is 2.49 bits per heavy atom. The van der Waals surface area contributed by atoms with Gasteiger partial charge in [-0.3, -0.25) is 0 Å². The van der Waals surface area contributed by atoms with E-state index in [0.717, 1.165) is 42.9 Å². The number of halogens is 1. The molecule has 1 aromatic heterocycles. The summed E-state index contributed by atoms with van der Waals surface area (Å²) in [6, 6.07) is 20.4. The number of anilines is 2. The Morgan fingerprint density at radius 2 is 1.73 bits per heavy atom. The third kappa shape index (κ3) is 6.34. The van der Waals surface area contributed by atoms with Crippen molar-refractivity contribution in [1.82, 2.24) is 4.98 Å². The lowest BCUT2D eigenvalue weighted by atomic mass is 10.0. The van der Waals surface area contributed by atoms with E-state index < -0.39 is 5.82 Å². The van der Waals surface area contributed by atoms with E-state index in [4.69, 9.17) is 19.2 Å². The van der Waals surface area contributed by atoms with E-state index >= 15 is 4.39 Å². The first kappa shape index (κ1) is 25.3. The lowest BCUT2D eigenvalue weighted by Crippen LogP contribution is -2.39. The average molecular weight is 506 g/mol. The number of methoxy groups -OCH3 is 1. The Hall–Kier alpha value is -3.32. The van der Waals surface area contributed by atoms with Gasteiger partial charge in [0.25, 0.3) is 5.88 Å². The van der Waals surface area contributed by atoms with Crippen molar-refractivity contribution >= 4 is 11.5 Å². The number of benzene rings is 2. The topological polar surface area (TPSA) is 47.1 Å². The fourth-order valence-electron chi connectivity index (χ4n) is 5.21. The van der Waals surface area contributed by atoms with Gasteiger partial charge in [-0.15, -0.1) is 0 Å². The van der Waals surface area contributed by atoms with Crippen molar-refractivity contribution in [2.24, 2.45) is 0 Å². The molecule has 0 amide bonds. The summed E-state index contributed by atoms with van der Waals surface area (Å²) in [4.78, 5) is 9.21. The van der Waals surface area contributed by atoms with Gasteiger partial charge >= 0.3 is 0 Å². The summed E-state index contributed by atoms with van der Waals surface area (Å²) in [7, 11) is 1.64. The maximum atomic E-state index is 15.8. The molecule has 3 heterocycles. The molecule has 1 unspecified atom stereocenters. The molecule has 2 aromatic carbocycles. The minimum Gasteiger partial charge on any atom is -0.497 e. The predicted molar refractivity (Wildman–Crippen MR) is 144 cm³/mol. The van der Waals surface area contributed by atoms with Crippen molar-refractivity contribution in [2.75, 3.05) is 49.8 Å². The standard InChI is InChI=1S/C30H36FN3O3/c1-35-26-13-11-24(12-14-26)22-37-30-29(31)27(33-16-18-36-19-17-33)21-28(32-30)34-15-7-3-6-10-25(34)20-23-8-4-2-5-9-23/h2,4-5,8-9,11-14,21,25H,3,6-7,10,15-20,22H2,1H3. The monoisotopic (exact) mass is 505 g/mol. The predicted octanol–water partition coefficient (Wildman–Crippen LogP) is 5.64. The zero-order valence-electron chi connectivity index (χ0n) is 21.6. The van der Waals surface area contributed by atoms with Crippen molar-refractivity contribution in [3.05, 3.63) is 77.6 Å². The molecule has 1 atom stereocenters. The quantitative estimate of drug-likeness (QED) is 0.395. The summed E-state index contributed by atoms with van der Waals surface area (Å²) < 4.78 is 32.6. The first-order valence-electron chi connectivity index (χ1n) is 13.3. The van der Waals surface area contributed by atoms with Crippen LogP contribution in [0.4, 0.5) is 15.9 Å². The van der Waals surface area contributed by atoms with Crippen LogP contribution in [-0.2, 0) is 17.8 Å². The Bertz CT molecular complexity index is 1140. The van der Waals surface area contributed by atoms with Gasteiger partial charge in [0.2, 0.25) is 5.82 Å². The van der Waals surface area contributed by atoms with Crippen LogP contribution in [0.5, 0.6) is 11.6 Å². The number of morpholine rings is 1. The fraction of sp³-hybridized carbons (Fsp3) is 0.433. The maximum absolute atomic E-state index is 15.8. The van der Waals surface area contributed by atoms with Gasteiger partial charge in [0.15, 0.2) is 0 Å². The largest absolute Gasteiger partial charge is 0.497 e. The zero-order chi connectivity index (χ0) is 25.5. The molecule has 0 bridgehead atoms. The first-order chi connectivity index (χ1) is 18.2. The number of pyridine rings is 1. The molecule has 196 valence electrons. The van der Waals surface area contributed by atoms with Gasteiger partial charge in [-0.25, -0.2) is 0 Å². The number of nitrogens with zero attached hydrogens (tertiary/aromatic N) is 3. The van der Waals surface area contributed by atoms with Crippen LogP contribution in [-0.4, -0.2) is 51.0 Å². The second-order valence-corrected chi connectivity index (χ2v) is 9.74. The second kappa shape index (κ2) is 12.3. The smallest absolute Gasteiger partial charge is 0.254 e. The Morgan fingerprint density at radius 1 is 0.946 bits per heavy atom. The lowest BCUT2D eigenvalue weighted by Gasteiger charge is -2.34. The summed E-state index contributed by atoms with van der Waals surface area (Å²) in [5, 5.41) is 0. The fourth-order valence-corrected chi connectivity index (χ4v) is 5.21. The van der Waals surface area contributed by atoms with Gasteiger partial charge in [-0.1, -0.05) is 55.3 Å². The molecule has 2 aliphatic heterocycles. The highest BCUT2D eigenvalue weighted by molar-refractivity contribution is 5.60. The van der Waals surface area contributed by atoms with Gasteiger partial charge in [0.05, 0.1) is 26.0 Å². The second-order valence-electron chi connectivity index (χ2n) is 9.74. The van der Waals surface area contributed by atoms with Crippen molar-refractivity contribution < 1.29 is 18.6 Å². The molecule has 6 nitrogen and oxygen atoms in total. The number of rotatable bonds is 8. The molecule has 3 aromatic rings. The summed E-state index contributed by atoms with van der Waals surface area (Å²) in [6.45, 7) is 3.58. The van der Waals surface area contributed by atoms with Crippen LogP contribution in [0.2, 0.25) is 0 Å². The van der Waals surface area contributed by atoms with Gasteiger partial charge in [-0.05, 0) is 42.5 Å². The van der Waals surface area contributed by atoms with E-state index in [9.17, 15) is 0 Å². The molecule has 0 radical (unpaired) electrons. The van der Waals surface area contributed by atoms with E-state index in [2.05, 4.69) is 35.2 Å². The molecule has 7 heteroatoms. The molecule has 37 heavy (non-hydrogen) atoms. The number of hydrogen-bond donors (Lipinski definition) is 0. The summed E-state index contributed by atoms with van der Waals surface area (Å²) in [5.41, 5.74) is 2.78. The molecule has 0 aliphatic carbocycles. The van der Waals surface area contributed by atoms with Crippen molar-refractivity contribution in [2.45, 2.75) is 44.8 Å². The van der Waals surface area contributed by atoms with Crippen molar-refractivity contribution in [1.29, 1.82) is 0 Å². The maximum Gasteiger partial charge on any atom is 0.254 e. The highest BCUT2D eigenvalue weighted by Crippen LogP contribution is 2.34. The van der Waals surface area contributed by atoms with E-state index in [1.54, 1.807) is 7.11 Å². The highest BCUT2D eigenvalue weighted by atomic mass is 19.1. The number of ether oxygens (including phenoxy) is 3. The number of hydrogen-bond acceptors (Lipinski definition) is 6. The van der Waals surface area contributed by atoms with Crippen LogP contribution in [0.25, 0.3) is 0 Å². The lowest BCUT2D eigenvalue weighted by molar-refractivity contribution is 0.122. The van der Waals surface area contributed by atoms with Gasteiger partial charge in [0, 0.05) is 31.7 Å². The third-order valence-corrected chi connectivity index (χ3v) is 7.27. The van der Waals surface area contributed by atoms with Crippen LogP contribution < -0.4 is 19.3 Å². The van der Waals surface area contributed by atoms with Crippen LogP contribution in [0.3, 0.4) is 0 Å². The zero-order valence-corrected chi connectivity index (χ0v) is 21.6. The molecule has 5 rings (SSSR count). The van der Waals surface area contributed by atoms with Crippen molar-refractivity contribution in [3.8, 4) is 11.6 Å². The van der Waals surface area contributed by atoms with Gasteiger partial charge in [-0.2, -0.15) is 9.37 Å². The van der Waals surface area contributed by atoms with Gasteiger partial charge < -0.3 is 24.0 Å². The third-order valence-electron chi connectivity index (χ3n) is 7.27. The molecule has 0 spiro atoms. The van der Waals surface area contributed by atoms with Crippen molar-refractivity contribution in [3.63, 3.8) is 0 Å². The molecule has 0 N–H and O–H groups in total. The van der Waals surface area contributed by atoms with Gasteiger partial charge in [0.1, 0.15) is 18.2 Å². The van der Waals surface area contributed by atoms with Crippen LogP contribution >= 0.6 is 0 Å². The van der Waals surface area contributed by atoms with Crippen LogP contribution in [0, 0.1) is 5.82 Å². The van der Waals surface area contributed by atoms with E-state index in [1.165, 1.54) is 18.4 Å². The van der Waals surface area contributed by atoms with E-state index in [1.807, 2.05) is 35.2 Å². The summed E-state index contributed by atoms with van der Waals surface area (Å²) >= 11 is 0. The molecule has 0 saturated carbocycles. The normalized spacial score (nSPS) is 18.4. The Balaban J connectivity index is 1.46.